The highest BCUT2D eigenvalue weighted by Gasteiger charge is 2.33. The number of phenols is 1. The second-order valence-corrected chi connectivity index (χ2v) is 9.49. The fraction of sp³-hybridized carbons (Fsp3) is 0.714. The Bertz CT molecular complexity index is 517. The molecule has 2 heteroatoms. The smallest absolute Gasteiger partial charge is 0.123 e. The molecule has 1 aromatic rings. The van der Waals surface area contributed by atoms with Gasteiger partial charge in [-0.05, 0) is 52.5 Å². The van der Waals surface area contributed by atoms with Crippen molar-refractivity contribution in [2.45, 2.75) is 96.4 Å². The summed E-state index contributed by atoms with van der Waals surface area (Å²) in [6, 6.07) is 4.35. The minimum atomic E-state index is -0.246. The number of aromatic hydroxyl groups is 1. The maximum absolute atomic E-state index is 10.9. The molecule has 0 atom stereocenters. The maximum Gasteiger partial charge on any atom is 0.123 e. The molecule has 3 N–H and O–H groups in total. The largest absolute Gasteiger partial charge is 0.507 e. The molecule has 2 nitrogen and oxygen atoms in total. The van der Waals surface area contributed by atoms with E-state index in [4.69, 9.17) is 5.73 Å². The van der Waals surface area contributed by atoms with E-state index in [1.807, 2.05) is 0 Å². The van der Waals surface area contributed by atoms with Crippen molar-refractivity contribution in [1.29, 1.82) is 0 Å². The highest BCUT2D eigenvalue weighted by atomic mass is 16.3. The lowest BCUT2D eigenvalue weighted by molar-refractivity contribution is 0.378. The SMILES string of the molecule is CC(C)(C)c1cc(C2(N)CCCCCC2)cc(C(C)(C)C)c1O. The second kappa shape index (κ2) is 6.12. The number of hydrogen-bond acceptors (Lipinski definition) is 2. The molecule has 1 aromatic carbocycles. The third kappa shape index (κ3) is 3.91. The molecule has 0 aliphatic heterocycles. The fourth-order valence-electron chi connectivity index (χ4n) is 3.71. The van der Waals surface area contributed by atoms with Gasteiger partial charge in [-0.1, -0.05) is 67.2 Å². The molecule has 1 aliphatic carbocycles. The molecule has 1 aliphatic rings. The van der Waals surface area contributed by atoms with Crippen LogP contribution in [0.15, 0.2) is 12.1 Å². The summed E-state index contributed by atoms with van der Waals surface area (Å²) < 4.78 is 0. The predicted molar refractivity (Wildman–Crippen MR) is 99.1 cm³/mol. The zero-order chi connectivity index (χ0) is 17.5. The Kier molecular flexibility index (Phi) is 4.88. The third-order valence-electron chi connectivity index (χ3n) is 5.30. The Balaban J connectivity index is 2.64. The van der Waals surface area contributed by atoms with Gasteiger partial charge in [0.05, 0.1) is 0 Å². The van der Waals surface area contributed by atoms with Crippen LogP contribution in [-0.4, -0.2) is 5.11 Å². The molecule has 0 unspecified atom stereocenters. The average molecular weight is 318 g/mol. The Morgan fingerprint density at radius 2 is 1.22 bits per heavy atom. The highest BCUT2D eigenvalue weighted by molar-refractivity contribution is 5.51. The van der Waals surface area contributed by atoms with Gasteiger partial charge in [0.2, 0.25) is 0 Å². The number of rotatable bonds is 1. The van der Waals surface area contributed by atoms with E-state index >= 15 is 0 Å². The third-order valence-corrected chi connectivity index (χ3v) is 5.30. The summed E-state index contributed by atoms with van der Waals surface area (Å²) in [6.07, 6.45) is 7.07. The number of hydrogen-bond donors (Lipinski definition) is 2. The molecule has 0 spiro atoms. The fourth-order valence-corrected chi connectivity index (χ4v) is 3.71. The molecule has 0 aromatic heterocycles. The summed E-state index contributed by atoms with van der Waals surface area (Å²) >= 11 is 0. The van der Waals surface area contributed by atoms with E-state index < -0.39 is 0 Å². The van der Waals surface area contributed by atoms with Crippen molar-refractivity contribution in [1.82, 2.24) is 0 Å². The van der Waals surface area contributed by atoms with Crippen molar-refractivity contribution in [2.75, 3.05) is 0 Å². The van der Waals surface area contributed by atoms with Crippen LogP contribution in [0.3, 0.4) is 0 Å². The lowest BCUT2D eigenvalue weighted by atomic mass is 9.74. The first-order chi connectivity index (χ1) is 10.5. The van der Waals surface area contributed by atoms with Crippen LogP contribution in [0.4, 0.5) is 0 Å². The van der Waals surface area contributed by atoms with E-state index in [2.05, 4.69) is 53.7 Å². The summed E-state index contributed by atoms with van der Waals surface area (Å²) in [5, 5.41) is 10.9. The topological polar surface area (TPSA) is 46.2 Å². The summed E-state index contributed by atoms with van der Waals surface area (Å²) in [5.74, 6) is 0.450. The molecular weight excluding hydrogens is 282 g/mol. The van der Waals surface area contributed by atoms with Crippen LogP contribution in [0, 0.1) is 0 Å². The van der Waals surface area contributed by atoms with Gasteiger partial charge in [-0.15, -0.1) is 0 Å². The van der Waals surface area contributed by atoms with Crippen LogP contribution in [0.5, 0.6) is 5.75 Å². The first-order valence-electron chi connectivity index (χ1n) is 9.12. The van der Waals surface area contributed by atoms with Gasteiger partial charge in [0.15, 0.2) is 0 Å². The standard InChI is InChI=1S/C21H35NO/c1-19(2,3)16-13-15(14-17(18(16)23)20(4,5)6)21(22)11-9-7-8-10-12-21/h13-14,23H,7-12,22H2,1-6H3. The van der Waals surface area contributed by atoms with E-state index in [0.29, 0.717) is 5.75 Å². The zero-order valence-electron chi connectivity index (χ0n) is 15.9. The molecule has 0 bridgehead atoms. The van der Waals surface area contributed by atoms with Crippen LogP contribution in [0.1, 0.15) is 96.8 Å². The highest BCUT2D eigenvalue weighted by Crippen LogP contribution is 2.43. The minimum absolute atomic E-state index is 0.0960. The van der Waals surface area contributed by atoms with Gasteiger partial charge in [-0.2, -0.15) is 0 Å². The summed E-state index contributed by atoms with van der Waals surface area (Å²) in [6.45, 7) is 13.0. The van der Waals surface area contributed by atoms with Gasteiger partial charge in [0.1, 0.15) is 5.75 Å². The van der Waals surface area contributed by atoms with Gasteiger partial charge >= 0.3 is 0 Å². The normalized spacial score (nSPS) is 19.4. The van der Waals surface area contributed by atoms with E-state index in [1.54, 1.807) is 0 Å². The van der Waals surface area contributed by atoms with Crippen molar-refractivity contribution in [3.63, 3.8) is 0 Å². The second-order valence-electron chi connectivity index (χ2n) is 9.49. The molecule has 0 radical (unpaired) electrons. The quantitative estimate of drug-likeness (QED) is 0.672. The van der Waals surface area contributed by atoms with Crippen molar-refractivity contribution in [3.8, 4) is 5.75 Å². The average Bonchev–Trinajstić information content (AvgIpc) is 2.62. The summed E-state index contributed by atoms with van der Waals surface area (Å²) in [4.78, 5) is 0. The van der Waals surface area contributed by atoms with Crippen LogP contribution in [0.2, 0.25) is 0 Å². The first kappa shape index (κ1) is 18.3. The number of phenolic OH excluding ortho intramolecular Hbond substituents is 1. The summed E-state index contributed by atoms with van der Waals surface area (Å²) in [5.41, 5.74) is 9.69. The molecule has 1 saturated carbocycles. The van der Waals surface area contributed by atoms with E-state index in [1.165, 1.54) is 31.2 Å². The van der Waals surface area contributed by atoms with Crippen LogP contribution < -0.4 is 5.73 Å². The molecule has 23 heavy (non-hydrogen) atoms. The predicted octanol–water partition coefficient (Wildman–Crippen LogP) is 5.50. The maximum atomic E-state index is 10.9. The number of benzene rings is 1. The summed E-state index contributed by atoms with van der Waals surface area (Å²) in [7, 11) is 0. The van der Waals surface area contributed by atoms with Gasteiger partial charge < -0.3 is 10.8 Å². The van der Waals surface area contributed by atoms with Gasteiger partial charge in [-0.3, -0.25) is 0 Å². The Hall–Kier alpha value is -1.02. The molecule has 130 valence electrons. The monoisotopic (exact) mass is 317 g/mol. The van der Waals surface area contributed by atoms with Crippen molar-refractivity contribution in [3.05, 3.63) is 28.8 Å². The van der Waals surface area contributed by atoms with Crippen LogP contribution in [-0.2, 0) is 16.4 Å². The van der Waals surface area contributed by atoms with Gasteiger partial charge in [-0.25, -0.2) is 0 Å². The van der Waals surface area contributed by atoms with Crippen LogP contribution >= 0.6 is 0 Å². The van der Waals surface area contributed by atoms with Crippen molar-refractivity contribution >= 4 is 0 Å². The Morgan fingerprint density at radius 3 is 1.57 bits per heavy atom. The molecule has 1 fully saturated rings. The molecule has 0 saturated heterocycles. The van der Waals surface area contributed by atoms with E-state index in [-0.39, 0.29) is 16.4 Å². The van der Waals surface area contributed by atoms with Crippen molar-refractivity contribution in [2.24, 2.45) is 5.73 Å². The minimum Gasteiger partial charge on any atom is -0.507 e. The van der Waals surface area contributed by atoms with Crippen LogP contribution in [0.25, 0.3) is 0 Å². The molecule has 0 heterocycles. The van der Waals surface area contributed by atoms with Gasteiger partial charge in [0, 0.05) is 5.54 Å². The molecular formula is C21H35NO. The van der Waals surface area contributed by atoms with Gasteiger partial charge in [0.25, 0.3) is 0 Å². The lowest BCUT2D eigenvalue weighted by Gasteiger charge is -2.34. The zero-order valence-corrected chi connectivity index (χ0v) is 15.9. The lowest BCUT2D eigenvalue weighted by Crippen LogP contribution is -2.37. The van der Waals surface area contributed by atoms with E-state index in [9.17, 15) is 5.11 Å². The van der Waals surface area contributed by atoms with Crippen molar-refractivity contribution < 1.29 is 5.11 Å². The molecule has 0 amide bonds. The molecule has 2 rings (SSSR count). The Morgan fingerprint density at radius 1 is 0.826 bits per heavy atom. The van der Waals surface area contributed by atoms with E-state index in [0.717, 1.165) is 24.0 Å². The Labute approximate surface area is 142 Å². The number of nitrogens with two attached hydrogens (primary N) is 1. The first-order valence-corrected chi connectivity index (χ1v) is 9.12.